The average Bonchev–Trinajstić information content (AvgIpc) is 3.44. The van der Waals surface area contributed by atoms with E-state index in [4.69, 9.17) is 4.74 Å². The molecule has 1 fully saturated rings. The van der Waals surface area contributed by atoms with Crippen LogP contribution in [0, 0.1) is 0 Å². The number of benzene rings is 2. The number of carbonyl (C=O) groups is 1. The minimum absolute atomic E-state index is 0.0279. The minimum atomic E-state index is -4.57. The summed E-state index contributed by atoms with van der Waals surface area (Å²) in [7, 11) is -3.94. The van der Waals surface area contributed by atoms with E-state index in [-0.39, 0.29) is 35.6 Å². The van der Waals surface area contributed by atoms with Gasteiger partial charge in [-0.3, -0.25) is 4.90 Å². The van der Waals surface area contributed by atoms with Crippen molar-refractivity contribution in [1.82, 2.24) is 9.97 Å². The van der Waals surface area contributed by atoms with Gasteiger partial charge < -0.3 is 4.74 Å². The smallest absolute Gasteiger partial charge is 0.416 e. The molecule has 1 N–H and O–H groups in total. The lowest BCUT2D eigenvalue weighted by Crippen LogP contribution is -2.26. The summed E-state index contributed by atoms with van der Waals surface area (Å²) in [6.45, 7) is 0.242. The number of alkyl halides is 3. The molecule has 1 aromatic heterocycles. The number of aromatic nitrogens is 2. The van der Waals surface area contributed by atoms with Crippen LogP contribution in [-0.4, -0.2) is 37.6 Å². The van der Waals surface area contributed by atoms with E-state index < -0.39 is 27.9 Å². The van der Waals surface area contributed by atoms with Gasteiger partial charge in [-0.25, -0.2) is 27.9 Å². The third kappa shape index (κ3) is 4.41. The fourth-order valence-electron chi connectivity index (χ4n) is 4.48. The molecule has 0 radical (unpaired) electrons. The van der Waals surface area contributed by atoms with E-state index in [9.17, 15) is 26.4 Å². The normalized spacial score (nSPS) is 17.9. The van der Waals surface area contributed by atoms with Crippen molar-refractivity contribution >= 4 is 27.8 Å². The van der Waals surface area contributed by atoms with E-state index >= 15 is 0 Å². The number of amides is 1. The Morgan fingerprint density at radius 2 is 1.80 bits per heavy atom. The van der Waals surface area contributed by atoms with Crippen molar-refractivity contribution in [1.29, 1.82) is 0 Å². The van der Waals surface area contributed by atoms with E-state index in [1.54, 1.807) is 18.2 Å². The first-order valence-corrected chi connectivity index (χ1v) is 12.2. The molecule has 1 aliphatic heterocycles. The molecule has 1 atom stereocenters. The summed E-state index contributed by atoms with van der Waals surface area (Å²) in [6, 6.07) is 9.58. The molecule has 1 unspecified atom stereocenters. The van der Waals surface area contributed by atoms with Crippen molar-refractivity contribution < 1.29 is 31.1 Å². The molecule has 3 aromatic rings. The number of aryl methyl sites for hydroxylation is 1. The number of halogens is 3. The lowest BCUT2D eigenvalue weighted by Gasteiger charge is -2.23. The maximum Gasteiger partial charge on any atom is 0.416 e. The third-order valence-corrected chi connectivity index (χ3v) is 7.40. The van der Waals surface area contributed by atoms with E-state index in [0.29, 0.717) is 18.4 Å². The van der Waals surface area contributed by atoms with Gasteiger partial charge in [-0.05, 0) is 59.9 Å². The standard InChI is InChI=1S/C23H19F3N4O4S/c24-23(25,26)15-3-6-19(20(13-15)30-10-11-34-22(30)31)18-5-2-14-12-16(4-7-17(14)18)35(32,33)29-21-27-8-1-9-28-21/h1,3-4,6-9,12-13,18H,2,5,10-11H2,(H,27,28,29). The highest BCUT2D eigenvalue weighted by molar-refractivity contribution is 7.92. The number of rotatable bonds is 5. The van der Waals surface area contributed by atoms with Gasteiger partial charge in [0.05, 0.1) is 22.7 Å². The van der Waals surface area contributed by atoms with Gasteiger partial charge in [0.15, 0.2) is 0 Å². The summed E-state index contributed by atoms with van der Waals surface area (Å²) in [6.07, 6.45) is -1.36. The van der Waals surface area contributed by atoms with Crippen molar-refractivity contribution in [2.75, 3.05) is 22.8 Å². The molecule has 0 saturated carbocycles. The van der Waals surface area contributed by atoms with Crippen molar-refractivity contribution in [3.8, 4) is 0 Å². The Morgan fingerprint density at radius 1 is 1.06 bits per heavy atom. The summed E-state index contributed by atoms with van der Waals surface area (Å²) >= 11 is 0. The Balaban J connectivity index is 1.51. The Labute approximate surface area is 198 Å². The van der Waals surface area contributed by atoms with Crippen LogP contribution in [0.5, 0.6) is 0 Å². The van der Waals surface area contributed by atoms with Gasteiger partial charge in [0.2, 0.25) is 5.95 Å². The van der Waals surface area contributed by atoms with Crippen LogP contribution < -0.4 is 9.62 Å². The lowest BCUT2D eigenvalue weighted by atomic mass is 9.90. The average molecular weight is 504 g/mol. The van der Waals surface area contributed by atoms with Gasteiger partial charge in [0.1, 0.15) is 6.61 Å². The van der Waals surface area contributed by atoms with Crippen LogP contribution in [0.1, 0.15) is 34.6 Å². The molecule has 1 aliphatic carbocycles. The largest absolute Gasteiger partial charge is 0.447 e. The van der Waals surface area contributed by atoms with Gasteiger partial charge in [-0.15, -0.1) is 0 Å². The number of hydrogen-bond acceptors (Lipinski definition) is 6. The summed E-state index contributed by atoms with van der Waals surface area (Å²) in [4.78, 5) is 21.2. The maximum absolute atomic E-state index is 13.4. The molecule has 0 spiro atoms. The summed E-state index contributed by atoms with van der Waals surface area (Å²) in [5.74, 6) is -0.365. The van der Waals surface area contributed by atoms with Crippen molar-refractivity contribution in [3.63, 3.8) is 0 Å². The van der Waals surface area contributed by atoms with Gasteiger partial charge in [0, 0.05) is 18.3 Å². The molecule has 0 bridgehead atoms. The Morgan fingerprint density at radius 3 is 2.49 bits per heavy atom. The quantitative estimate of drug-likeness (QED) is 0.555. The van der Waals surface area contributed by atoms with Gasteiger partial charge in [-0.1, -0.05) is 12.1 Å². The third-order valence-electron chi connectivity index (χ3n) is 6.08. The first-order chi connectivity index (χ1) is 16.6. The van der Waals surface area contributed by atoms with Crippen LogP contribution in [0.2, 0.25) is 0 Å². The zero-order chi connectivity index (χ0) is 24.8. The maximum atomic E-state index is 13.4. The highest BCUT2D eigenvalue weighted by Gasteiger charge is 2.36. The Bertz CT molecular complexity index is 1400. The van der Waals surface area contributed by atoms with E-state index in [1.165, 1.54) is 29.4 Å². The molecule has 12 heteroatoms. The highest BCUT2D eigenvalue weighted by Crippen LogP contribution is 2.44. The summed E-state index contributed by atoms with van der Waals surface area (Å²) in [5.41, 5.74) is 1.42. The zero-order valence-corrected chi connectivity index (χ0v) is 18.9. The molecule has 8 nitrogen and oxygen atoms in total. The zero-order valence-electron chi connectivity index (χ0n) is 18.1. The molecule has 2 aromatic carbocycles. The molecular formula is C23H19F3N4O4S. The molecule has 35 heavy (non-hydrogen) atoms. The molecule has 2 heterocycles. The predicted molar refractivity (Wildman–Crippen MR) is 120 cm³/mol. The number of carbonyl (C=O) groups excluding carboxylic acids is 1. The van der Waals surface area contributed by atoms with Gasteiger partial charge in [-0.2, -0.15) is 13.2 Å². The first kappa shape index (κ1) is 23.1. The molecular weight excluding hydrogens is 485 g/mol. The molecule has 1 amide bonds. The number of fused-ring (bicyclic) bond motifs is 1. The van der Waals surface area contributed by atoms with Gasteiger partial charge in [0.25, 0.3) is 10.0 Å². The second kappa shape index (κ2) is 8.52. The second-order valence-corrected chi connectivity index (χ2v) is 9.85. The van der Waals surface area contributed by atoms with Crippen LogP contribution in [0.4, 0.5) is 29.6 Å². The lowest BCUT2D eigenvalue weighted by molar-refractivity contribution is -0.137. The van der Waals surface area contributed by atoms with Crippen LogP contribution in [0.25, 0.3) is 0 Å². The molecule has 5 rings (SSSR count). The Hall–Kier alpha value is -3.67. The number of anilines is 2. The predicted octanol–water partition coefficient (Wildman–Crippen LogP) is 4.33. The first-order valence-electron chi connectivity index (χ1n) is 10.7. The number of nitrogens with zero attached hydrogens (tertiary/aromatic N) is 3. The van der Waals surface area contributed by atoms with Crippen molar-refractivity contribution in [2.45, 2.75) is 29.8 Å². The fraction of sp³-hybridized carbons (Fsp3) is 0.261. The molecule has 182 valence electrons. The van der Waals surface area contributed by atoms with E-state index in [2.05, 4.69) is 14.7 Å². The second-order valence-electron chi connectivity index (χ2n) is 8.17. The van der Waals surface area contributed by atoms with Crippen LogP contribution in [0.15, 0.2) is 59.8 Å². The number of hydrogen-bond donors (Lipinski definition) is 1. The Kier molecular flexibility index (Phi) is 5.62. The van der Waals surface area contributed by atoms with Crippen molar-refractivity contribution in [3.05, 3.63) is 77.1 Å². The van der Waals surface area contributed by atoms with E-state index in [0.717, 1.165) is 23.3 Å². The molecule has 2 aliphatic rings. The summed E-state index contributed by atoms with van der Waals surface area (Å²) in [5, 5.41) is 0. The highest BCUT2D eigenvalue weighted by atomic mass is 32.2. The minimum Gasteiger partial charge on any atom is -0.447 e. The topological polar surface area (TPSA) is 101 Å². The molecule has 1 saturated heterocycles. The van der Waals surface area contributed by atoms with Crippen LogP contribution >= 0.6 is 0 Å². The SMILES string of the molecule is O=C1OCCN1c1cc(C(F)(F)F)ccc1C1CCc2cc(S(=O)(=O)Nc3ncccn3)ccc21. The summed E-state index contributed by atoms with van der Waals surface area (Å²) < 4.78 is 73.1. The monoisotopic (exact) mass is 504 g/mol. The van der Waals surface area contributed by atoms with Gasteiger partial charge >= 0.3 is 12.3 Å². The van der Waals surface area contributed by atoms with Crippen molar-refractivity contribution in [2.24, 2.45) is 0 Å². The fourth-order valence-corrected chi connectivity index (χ4v) is 5.48. The number of nitrogens with one attached hydrogen (secondary N) is 1. The number of sulfonamides is 1. The van der Waals surface area contributed by atoms with E-state index in [1.807, 2.05) is 0 Å². The number of cyclic esters (lactones) is 1. The van der Waals surface area contributed by atoms with Crippen LogP contribution in [0.3, 0.4) is 0 Å². The van der Waals surface area contributed by atoms with Crippen LogP contribution in [-0.2, 0) is 27.4 Å². The number of ether oxygens (including phenoxy) is 1.